The minimum absolute atomic E-state index is 0.139. The Morgan fingerprint density at radius 3 is 2.21 bits per heavy atom. The number of halogens is 3. The first kappa shape index (κ1) is 41.5. The number of rotatable bonds is 7. The molecule has 0 amide bonds. The molecule has 3 aliphatic heterocycles. The zero-order valence-corrected chi connectivity index (χ0v) is 36.9. The fourth-order valence-electron chi connectivity index (χ4n) is 10.5. The largest absolute Gasteiger partial charge is 0.508 e. The van der Waals surface area contributed by atoms with Gasteiger partial charge in [-0.3, -0.25) is 14.5 Å². The molecule has 2 N–H and O–H groups in total. The summed E-state index contributed by atoms with van der Waals surface area (Å²) in [5, 5.41) is 32.0. The molecule has 6 aromatic rings. The quantitative estimate of drug-likeness (QED) is 0.165. The number of aromatic hydroxyl groups is 1. The van der Waals surface area contributed by atoms with Gasteiger partial charge in [-0.2, -0.15) is 0 Å². The lowest BCUT2D eigenvalue weighted by Gasteiger charge is -2.44. The molecule has 5 heterocycles. The summed E-state index contributed by atoms with van der Waals surface area (Å²) in [6.07, 6.45) is 2.57. The number of anilines is 2. The van der Waals surface area contributed by atoms with E-state index in [-0.39, 0.29) is 23.5 Å². The van der Waals surface area contributed by atoms with Crippen molar-refractivity contribution in [3.05, 3.63) is 152 Å². The van der Waals surface area contributed by atoms with E-state index in [0.717, 1.165) is 88.2 Å². The standard InChI is InChI=1S/C50H52F3N7O2S/c1-29-31(3)63-49-45(29)47(54-30(2)48-56-55-32(4)60(48)49)33-5-9-36(10-6-33)58-19-17-50(62,18-20-58)28-57-21-23-59(24-22-57)37-11-14-41(43(52)27-37)46-39(35-8-16-42(51)44(53)26-35)13-7-34-25-38(61)12-15-40(34)46/h5-6,8-12,14-16,25-27,30,39,46,61-62H,7,13,17-24,28H2,1-4H3/t30-,39+,46-/m0/s1. The maximum Gasteiger partial charge on any atom is 0.162 e. The number of aryl methyl sites for hydroxylation is 3. The van der Waals surface area contributed by atoms with E-state index in [9.17, 15) is 19.0 Å². The van der Waals surface area contributed by atoms with Crippen molar-refractivity contribution in [1.82, 2.24) is 19.7 Å². The maximum absolute atomic E-state index is 16.4. The normalized spacial score (nSPS) is 21.1. The molecule has 326 valence electrons. The van der Waals surface area contributed by atoms with Gasteiger partial charge in [0.05, 0.1) is 11.3 Å². The lowest BCUT2D eigenvalue weighted by atomic mass is 9.69. The number of hydrogen-bond acceptors (Lipinski definition) is 9. The molecule has 0 saturated carbocycles. The second-order valence-corrected chi connectivity index (χ2v) is 19.2. The van der Waals surface area contributed by atoms with E-state index in [1.165, 1.54) is 16.5 Å². The summed E-state index contributed by atoms with van der Waals surface area (Å²) < 4.78 is 46.9. The van der Waals surface area contributed by atoms with E-state index >= 15 is 4.39 Å². The van der Waals surface area contributed by atoms with Gasteiger partial charge in [-0.25, -0.2) is 13.2 Å². The van der Waals surface area contributed by atoms with Gasteiger partial charge in [-0.1, -0.05) is 30.3 Å². The number of piperidine rings is 1. The van der Waals surface area contributed by atoms with Gasteiger partial charge in [0.15, 0.2) is 17.5 Å². The van der Waals surface area contributed by atoms with Crippen LogP contribution in [-0.4, -0.2) is 87.0 Å². The topological polar surface area (TPSA) is 93.2 Å². The highest BCUT2D eigenvalue weighted by Crippen LogP contribution is 2.48. The van der Waals surface area contributed by atoms with Crippen molar-refractivity contribution in [2.45, 2.75) is 76.9 Å². The van der Waals surface area contributed by atoms with E-state index in [1.807, 2.05) is 25.1 Å². The average Bonchev–Trinajstić information content (AvgIpc) is 3.77. The summed E-state index contributed by atoms with van der Waals surface area (Å²) in [6, 6.07) is 23.1. The Labute approximate surface area is 370 Å². The van der Waals surface area contributed by atoms with Crippen molar-refractivity contribution in [3.8, 4) is 10.8 Å². The molecule has 2 aromatic heterocycles. The van der Waals surface area contributed by atoms with Crippen molar-refractivity contribution < 1.29 is 23.4 Å². The summed E-state index contributed by atoms with van der Waals surface area (Å²) >= 11 is 1.76. The van der Waals surface area contributed by atoms with Crippen LogP contribution in [0.2, 0.25) is 0 Å². The van der Waals surface area contributed by atoms with Crippen LogP contribution in [0, 0.1) is 38.2 Å². The number of aliphatic imine (C=N–C) groups is 1. The van der Waals surface area contributed by atoms with Gasteiger partial charge in [-0.05, 0) is 136 Å². The molecule has 1 aliphatic carbocycles. The number of aliphatic hydroxyl groups is 1. The predicted molar refractivity (Wildman–Crippen MR) is 243 cm³/mol. The van der Waals surface area contributed by atoms with E-state index in [2.05, 4.69) is 74.5 Å². The highest BCUT2D eigenvalue weighted by molar-refractivity contribution is 7.15. The van der Waals surface area contributed by atoms with Gasteiger partial charge in [0.25, 0.3) is 0 Å². The van der Waals surface area contributed by atoms with E-state index in [4.69, 9.17) is 4.99 Å². The Hall–Kier alpha value is -5.50. The molecule has 4 aromatic carbocycles. The fraction of sp³-hybridized carbons (Fsp3) is 0.380. The van der Waals surface area contributed by atoms with Gasteiger partial charge >= 0.3 is 0 Å². The third kappa shape index (κ3) is 7.61. The van der Waals surface area contributed by atoms with Gasteiger partial charge in [-0.15, -0.1) is 21.5 Å². The zero-order chi connectivity index (χ0) is 43.7. The number of phenolic OH excluding ortho intramolecular Hbond substituents is 1. The van der Waals surface area contributed by atoms with E-state index in [0.29, 0.717) is 56.4 Å². The third-order valence-corrected chi connectivity index (χ3v) is 15.3. The highest BCUT2D eigenvalue weighted by atomic mass is 32.1. The molecule has 0 bridgehead atoms. The van der Waals surface area contributed by atoms with Gasteiger partial charge in [0.2, 0.25) is 0 Å². The lowest BCUT2D eigenvalue weighted by Crippen LogP contribution is -2.55. The van der Waals surface area contributed by atoms with Crippen LogP contribution in [0.1, 0.15) is 99.5 Å². The second-order valence-electron chi connectivity index (χ2n) is 18.0. The number of nitrogens with zero attached hydrogens (tertiary/aromatic N) is 7. The molecule has 0 unspecified atom stereocenters. The Bertz CT molecular complexity index is 2730. The molecule has 2 fully saturated rings. The first-order valence-corrected chi connectivity index (χ1v) is 22.9. The van der Waals surface area contributed by atoms with Crippen molar-refractivity contribution >= 4 is 28.4 Å². The minimum atomic E-state index is -0.917. The predicted octanol–water partition coefficient (Wildman–Crippen LogP) is 9.30. The number of hydrogen-bond donors (Lipinski definition) is 2. The molecule has 0 spiro atoms. The number of fused-ring (bicyclic) bond motifs is 4. The zero-order valence-electron chi connectivity index (χ0n) is 36.1. The van der Waals surface area contributed by atoms with Crippen LogP contribution in [0.4, 0.5) is 24.5 Å². The molecule has 9 nitrogen and oxygen atoms in total. The Morgan fingerprint density at radius 1 is 0.762 bits per heavy atom. The van der Waals surface area contributed by atoms with Crippen molar-refractivity contribution in [1.29, 1.82) is 0 Å². The number of piperazine rings is 1. The van der Waals surface area contributed by atoms with Gasteiger partial charge < -0.3 is 20.0 Å². The van der Waals surface area contributed by atoms with Crippen molar-refractivity contribution in [3.63, 3.8) is 0 Å². The van der Waals surface area contributed by atoms with E-state index < -0.39 is 23.2 Å². The van der Waals surface area contributed by atoms with Crippen LogP contribution < -0.4 is 9.80 Å². The molecule has 2 saturated heterocycles. The van der Waals surface area contributed by atoms with Crippen LogP contribution in [0.5, 0.6) is 5.75 Å². The Morgan fingerprint density at radius 2 is 1.48 bits per heavy atom. The van der Waals surface area contributed by atoms with Crippen LogP contribution in [0.25, 0.3) is 5.00 Å². The van der Waals surface area contributed by atoms with Crippen molar-refractivity contribution in [2.24, 2.45) is 4.99 Å². The molecule has 63 heavy (non-hydrogen) atoms. The van der Waals surface area contributed by atoms with Crippen LogP contribution in [-0.2, 0) is 6.42 Å². The minimum Gasteiger partial charge on any atom is -0.508 e. The first-order valence-electron chi connectivity index (χ1n) is 22.1. The highest BCUT2D eigenvalue weighted by Gasteiger charge is 2.37. The van der Waals surface area contributed by atoms with E-state index in [1.54, 1.807) is 35.6 Å². The molecule has 3 atom stereocenters. The fourth-order valence-corrected chi connectivity index (χ4v) is 11.7. The number of β-amino-alcohol motifs (C(OH)–C–C–N with tert-alkyl or cyclic N) is 1. The van der Waals surface area contributed by atoms with Gasteiger partial charge in [0.1, 0.15) is 28.4 Å². The molecule has 0 radical (unpaired) electrons. The van der Waals surface area contributed by atoms with Crippen LogP contribution in [0.3, 0.4) is 0 Å². The number of benzene rings is 4. The molecule has 10 rings (SSSR count). The number of thiophene rings is 1. The molecule has 4 aliphatic rings. The van der Waals surface area contributed by atoms with Crippen LogP contribution in [0.15, 0.2) is 83.9 Å². The second kappa shape index (κ2) is 16.2. The van der Waals surface area contributed by atoms with Gasteiger partial charge in [0, 0.05) is 79.1 Å². The average molecular weight is 872 g/mol. The van der Waals surface area contributed by atoms with Crippen LogP contribution >= 0.6 is 11.3 Å². The summed E-state index contributed by atoms with van der Waals surface area (Å²) in [5.74, 6) is -1.00. The summed E-state index contributed by atoms with van der Waals surface area (Å²) in [6.45, 7) is 13.4. The summed E-state index contributed by atoms with van der Waals surface area (Å²) in [4.78, 5) is 13.3. The first-order chi connectivity index (χ1) is 30.3. The lowest BCUT2D eigenvalue weighted by molar-refractivity contribution is -0.0173. The Kier molecular flexibility index (Phi) is 10.7. The number of phenols is 1. The maximum atomic E-state index is 16.4. The third-order valence-electron chi connectivity index (χ3n) is 14.1. The smallest absolute Gasteiger partial charge is 0.162 e. The summed E-state index contributed by atoms with van der Waals surface area (Å²) in [5.41, 5.74) is 8.50. The summed E-state index contributed by atoms with van der Waals surface area (Å²) in [7, 11) is 0. The SMILES string of the molecule is Cc1sc2c(c1C)C(c1ccc(N3CCC(O)(CN4CCN(c5ccc([C@@H]6c7ccc(O)cc7CC[C@@H]6c6ccc(F)c(F)c6)c(F)c5)CC4)CC3)cc1)=N[C@@H](C)c1nnc(C)n1-2. The van der Waals surface area contributed by atoms with Crippen molar-refractivity contribution in [2.75, 3.05) is 55.6 Å². The molecular formula is C50H52F3N7O2S. The monoisotopic (exact) mass is 871 g/mol. The molecular weight excluding hydrogens is 820 g/mol. The molecule has 13 heteroatoms. The number of aromatic nitrogens is 3. The Balaban J connectivity index is 0.775.